The van der Waals surface area contributed by atoms with Crippen LogP contribution in [-0.4, -0.2) is 37.0 Å². The van der Waals surface area contributed by atoms with Gasteiger partial charge in [0.25, 0.3) is 5.91 Å². The highest BCUT2D eigenvalue weighted by Gasteiger charge is 2.30. The monoisotopic (exact) mass is 258 g/mol. The molecule has 1 amide bonds. The van der Waals surface area contributed by atoms with E-state index in [2.05, 4.69) is 10.5 Å². The molecule has 1 aliphatic rings. The number of sulfone groups is 1. The molecule has 0 aromatic carbocycles. The van der Waals surface area contributed by atoms with Crippen molar-refractivity contribution in [2.75, 3.05) is 11.5 Å². The van der Waals surface area contributed by atoms with Crippen molar-refractivity contribution in [2.45, 2.75) is 26.3 Å². The number of hydrogen-bond acceptors (Lipinski definition) is 5. The lowest BCUT2D eigenvalue weighted by Gasteiger charge is -2.10. The first-order valence-electron chi connectivity index (χ1n) is 5.33. The van der Waals surface area contributed by atoms with Crippen LogP contribution in [0.15, 0.2) is 4.52 Å². The van der Waals surface area contributed by atoms with Gasteiger partial charge < -0.3 is 9.84 Å². The Labute approximate surface area is 99.3 Å². The van der Waals surface area contributed by atoms with Crippen LogP contribution in [0.3, 0.4) is 0 Å². The molecular weight excluding hydrogens is 244 g/mol. The van der Waals surface area contributed by atoms with Gasteiger partial charge in [0.2, 0.25) is 0 Å². The van der Waals surface area contributed by atoms with Gasteiger partial charge in [-0.15, -0.1) is 0 Å². The molecule has 6 nitrogen and oxygen atoms in total. The molecule has 1 N–H and O–H groups in total. The molecule has 94 valence electrons. The lowest BCUT2D eigenvalue weighted by atomic mass is 10.1. The Hall–Kier alpha value is -1.37. The third-order valence-corrected chi connectivity index (χ3v) is 4.60. The van der Waals surface area contributed by atoms with Gasteiger partial charge in [0.1, 0.15) is 11.3 Å². The highest BCUT2D eigenvalue weighted by Crippen LogP contribution is 2.15. The summed E-state index contributed by atoms with van der Waals surface area (Å²) in [5, 5.41) is 6.39. The smallest absolute Gasteiger partial charge is 0.257 e. The van der Waals surface area contributed by atoms with Crippen LogP contribution in [0, 0.1) is 13.8 Å². The average Bonchev–Trinajstić information content (AvgIpc) is 2.70. The second-order valence-electron chi connectivity index (χ2n) is 4.27. The lowest BCUT2D eigenvalue weighted by molar-refractivity contribution is 0.0939. The van der Waals surface area contributed by atoms with E-state index in [1.54, 1.807) is 13.8 Å². The maximum atomic E-state index is 11.9. The minimum atomic E-state index is -2.98. The Kier molecular flexibility index (Phi) is 2.94. The summed E-state index contributed by atoms with van der Waals surface area (Å²) in [5.41, 5.74) is 0.912. The Morgan fingerprint density at radius 3 is 2.65 bits per heavy atom. The third kappa shape index (κ3) is 2.49. The summed E-state index contributed by atoms with van der Waals surface area (Å²) in [5.74, 6) is 0.283. The average molecular weight is 258 g/mol. The first-order valence-corrected chi connectivity index (χ1v) is 7.15. The Bertz CT molecular complexity index is 527. The fourth-order valence-electron chi connectivity index (χ4n) is 1.97. The Morgan fingerprint density at radius 1 is 1.47 bits per heavy atom. The maximum Gasteiger partial charge on any atom is 0.257 e. The number of amides is 1. The van der Waals surface area contributed by atoms with E-state index in [0.29, 0.717) is 23.4 Å². The Morgan fingerprint density at radius 2 is 2.18 bits per heavy atom. The van der Waals surface area contributed by atoms with Crippen molar-refractivity contribution < 1.29 is 17.7 Å². The lowest BCUT2D eigenvalue weighted by Crippen LogP contribution is -2.36. The number of aryl methyl sites for hydroxylation is 2. The van der Waals surface area contributed by atoms with Crippen LogP contribution in [0.4, 0.5) is 0 Å². The zero-order chi connectivity index (χ0) is 12.6. The quantitative estimate of drug-likeness (QED) is 0.819. The number of aromatic nitrogens is 1. The van der Waals surface area contributed by atoms with E-state index in [0.717, 1.165) is 0 Å². The topological polar surface area (TPSA) is 89.3 Å². The van der Waals surface area contributed by atoms with Gasteiger partial charge in [0, 0.05) is 6.04 Å². The Balaban J connectivity index is 2.09. The summed E-state index contributed by atoms with van der Waals surface area (Å²) in [6, 6.07) is -0.304. The summed E-state index contributed by atoms with van der Waals surface area (Å²) >= 11 is 0. The van der Waals surface area contributed by atoms with Gasteiger partial charge in [-0.2, -0.15) is 0 Å². The largest absolute Gasteiger partial charge is 0.361 e. The van der Waals surface area contributed by atoms with Crippen molar-refractivity contribution in [2.24, 2.45) is 0 Å². The first-order chi connectivity index (χ1) is 7.89. The molecule has 2 heterocycles. The molecule has 1 atom stereocenters. The maximum absolute atomic E-state index is 11.9. The van der Waals surface area contributed by atoms with E-state index >= 15 is 0 Å². The van der Waals surface area contributed by atoms with Gasteiger partial charge in [-0.3, -0.25) is 4.79 Å². The number of rotatable bonds is 2. The standard InChI is InChI=1S/C10H14N2O4S/c1-6-9(7(2)16-12-6)10(13)11-8-3-4-17(14,15)5-8/h8H,3-5H2,1-2H3,(H,11,13)/t8-/m0/s1. The van der Waals surface area contributed by atoms with Crippen LogP contribution < -0.4 is 5.32 Å². The van der Waals surface area contributed by atoms with Gasteiger partial charge in [-0.25, -0.2) is 8.42 Å². The molecule has 1 aromatic heterocycles. The molecule has 1 saturated heterocycles. The van der Waals surface area contributed by atoms with Crippen LogP contribution in [0.2, 0.25) is 0 Å². The number of nitrogens with one attached hydrogen (secondary N) is 1. The highest BCUT2D eigenvalue weighted by molar-refractivity contribution is 7.91. The van der Waals surface area contributed by atoms with E-state index in [-0.39, 0.29) is 23.5 Å². The van der Waals surface area contributed by atoms with Gasteiger partial charge in [-0.1, -0.05) is 5.16 Å². The molecule has 0 bridgehead atoms. The molecule has 0 unspecified atom stereocenters. The van der Waals surface area contributed by atoms with Gasteiger partial charge in [0.05, 0.1) is 17.2 Å². The molecule has 0 saturated carbocycles. The van der Waals surface area contributed by atoms with Gasteiger partial charge >= 0.3 is 0 Å². The van der Waals surface area contributed by atoms with Crippen molar-refractivity contribution in [3.63, 3.8) is 0 Å². The van der Waals surface area contributed by atoms with Crippen molar-refractivity contribution in [3.05, 3.63) is 17.0 Å². The van der Waals surface area contributed by atoms with Crippen LogP contribution in [0.1, 0.15) is 28.2 Å². The van der Waals surface area contributed by atoms with E-state index < -0.39 is 9.84 Å². The van der Waals surface area contributed by atoms with E-state index in [1.165, 1.54) is 0 Å². The number of hydrogen-bond donors (Lipinski definition) is 1. The number of carbonyl (C=O) groups excluding carboxylic acids is 1. The number of nitrogens with zero attached hydrogens (tertiary/aromatic N) is 1. The summed E-state index contributed by atoms with van der Waals surface area (Å²) < 4.78 is 27.4. The molecule has 7 heteroatoms. The van der Waals surface area contributed by atoms with E-state index in [1.807, 2.05) is 0 Å². The van der Waals surface area contributed by atoms with Gasteiger partial charge in [0.15, 0.2) is 9.84 Å². The van der Waals surface area contributed by atoms with E-state index in [9.17, 15) is 13.2 Å². The van der Waals surface area contributed by atoms with Crippen molar-refractivity contribution in [1.29, 1.82) is 0 Å². The van der Waals surface area contributed by atoms with E-state index in [4.69, 9.17) is 4.52 Å². The van der Waals surface area contributed by atoms with Crippen LogP contribution >= 0.6 is 0 Å². The molecule has 1 aromatic rings. The minimum Gasteiger partial charge on any atom is -0.361 e. The van der Waals surface area contributed by atoms with Crippen molar-refractivity contribution in [1.82, 2.24) is 10.5 Å². The normalized spacial score (nSPS) is 22.6. The molecule has 0 aliphatic carbocycles. The molecule has 1 fully saturated rings. The van der Waals surface area contributed by atoms with Crippen LogP contribution in [0.5, 0.6) is 0 Å². The molecule has 0 spiro atoms. The number of carbonyl (C=O) groups is 1. The zero-order valence-electron chi connectivity index (χ0n) is 9.69. The third-order valence-electron chi connectivity index (χ3n) is 2.83. The van der Waals surface area contributed by atoms with Crippen LogP contribution in [0.25, 0.3) is 0 Å². The molecule has 17 heavy (non-hydrogen) atoms. The predicted octanol–water partition coefficient (Wildman–Crippen LogP) is 0.208. The van der Waals surface area contributed by atoms with Crippen molar-refractivity contribution in [3.8, 4) is 0 Å². The highest BCUT2D eigenvalue weighted by atomic mass is 32.2. The zero-order valence-corrected chi connectivity index (χ0v) is 10.5. The molecule has 0 radical (unpaired) electrons. The second kappa shape index (κ2) is 4.14. The summed E-state index contributed by atoms with van der Waals surface area (Å²) in [4.78, 5) is 11.9. The summed E-state index contributed by atoms with van der Waals surface area (Å²) in [6.45, 7) is 3.33. The summed E-state index contributed by atoms with van der Waals surface area (Å²) in [6.07, 6.45) is 0.470. The second-order valence-corrected chi connectivity index (χ2v) is 6.50. The SMILES string of the molecule is Cc1noc(C)c1C(=O)N[C@H]1CCS(=O)(=O)C1. The molecule has 2 rings (SSSR count). The van der Waals surface area contributed by atoms with Crippen molar-refractivity contribution >= 4 is 15.7 Å². The van der Waals surface area contributed by atoms with Gasteiger partial charge in [-0.05, 0) is 20.3 Å². The summed E-state index contributed by atoms with van der Waals surface area (Å²) in [7, 11) is -2.98. The predicted molar refractivity (Wildman–Crippen MR) is 60.5 cm³/mol. The molecule has 1 aliphatic heterocycles. The molecular formula is C10H14N2O4S. The first kappa shape index (κ1) is 12.1. The minimum absolute atomic E-state index is 0.0160. The fourth-order valence-corrected chi connectivity index (χ4v) is 3.65. The fraction of sp³-hybridized carbons (Fsp3) is 0.600. The van der Waals surface area contributed by atoms with Crippen LogP contribution in [-0.2, 0) is 9.84 Å².